The van der Waals surface area contributed by atoms with Crippen LogP contribution in [-0.4, -0.2) is 60.5 Å². The van der Waals surface area contributed by atoms with Crippen LogP contribution in [0.5, 0.6) is 0 Å². The van der Waals surface area contributed by atoms with Gasteiger partial charge in [0.15, 0.2) is 0 Å². The smallest absolute Gasteiger partial charge is 0.419 e. The summed E-state index contributed by atoms with van der Waals surface area (Å²) in [7, 11) is 0. The second-order valence-corrected chi connectivity index (χ2v) is 10.8. The van der Waals surface area contributed by atoms with Gasteiger partial charge < -0.3 is 19.9 Å². The number of amides is 1. The average molecular weight is 578 g/mol. The van der Waals surface area contributed by atoms with Gasteiger partial charge in [-0.3, -0.25) is 0 Å². The number of halogens is 5. The molecule has 0 unspecified atom stereocenters. The molecule has 9 nitrogen and oxygen atoms in total. The van der Waals surface area contributed by atoms with Gasteiger partial charge in [-0.2, -0.15) is 27.1 Å². The van der Waals surface area contributed by atoms with Gasteiger partial charge in [-0.25, -0.2) is 19.4 Å². The van der Waals surface area contributed by atoms with Gasteiger partial charge in [0.1, 0.15) is 11.2 Å². The lowest BCUT2D eigenvalue weighted by Crippen LogP contribution is -2.47. The van der Waals surface area contributed by atoms with Gasteiger partial charge in [0.2, 0.25) is 5.95 Å². The van der Waals surface area contributed by atoms with E-state index in [2.05, 4.69) is 25.4 Å². The Morgan fingerprint density at radius 2 is 1.95 bits per heavy atom. The van der Waals surface area contributed by atoms with Crippen molar-refractivity contribution in [3.8, 4) is 22.4 Å². The van der Waals surface area contributed by atoms with Gasteiger partial charge in [0, 0.05) is 59.8 Å². The molecule has 1 saturated heterocycles. The van der Waals surface area contributed by atoms with Crippen molar-refractivity contribution in [3.63, 3.8) is 0 Å². The Morgan fingerprint density at radius 1 is 1.17 bits per heavy atom. The molecular weight excluding hydrogens is 549 g/mol. The summed E-state index contributed by atoms with van der Waals surface area (Å²) in [6.45, 7) is 3.32. The molecule has 1 aliphatic rings. The molecular formula is C27H28F5N7O2. The molecule has 1 aromatic carbocycles. The number of ether oxygens (including phenoxy) is 1. The van der Waals surface area contributed by atoms with E-state index in [9.17, 15) is 26.7 Å². The highest BCUT2D eigenvalue weighted by Gasteiger charge is 2.36. The molecule has 0 saturated carbocycles. The number of likely N-dealkylation sites (tertiary alicyclic amines) is 1. The van der Waals surface area contributed by atoms with Crippen molar-refractivity contribution in [2.45, 2.75) is 58.0 Å². The Kier molecular flexibility index (Phi) is 7.34. The van der Waals surface area contributed by atoms with E-state index in [4.69, 9.17) is 4.74 Å². The molecule has 41 heavy (non-hydrogen) atoms. The third-order valence-electron chi connectivity index (χ3n) is 6.57. The number of carbonyl (C=O) groups excluding carboxylic acids is 1. The summed E-state index contributed by atoms with van der Waals surface area (Å²) in [6, 6.07) is 4.58. The SMILES string of the molecule is CC(C)(C)OC(=O)N1CCC[C@H](Nc2ncc(C(F)(F)F)c(-c3c[nH]c4cc(-c5cnn(C(F)F)c5)ccc34)n2)C1. The molecule has 4 heterocycles. The summed E-state index contributed by atoms with van der Waals surface area (Å²) in [5, 5.41) is 7.17. The second-order valence-electron chi connectivity index (χ2n) is 10.8. The summed E-state index contributed by atoms with van der Waals surface area (Å²) < 4.78 is 73.9. The van der Waals surface area contributed by atoms with E-state index in [0.29, 0.717) is 46.1 Å². The first-order chi connectivity index (χ1) is 19.3. The van der Waals surface area contributed by atoms with E-state index in [1.54, 1.807) is 43.9 Å². The fourth-order valence-corrected chi connectivity index (χ4v) is 4.73. The number of benzene rings is 1. The molecule has 0 radical (unpaired) electrons. The van der Waals surface area contributed by atoms with Crippen LogP contribution in [0.25, 0.3) is 33.3 Å². The van der Waals surface area contributed by atoms with Gasteiger partial charge in [0.05, 0.1) is 11.9 Å². The zero-order valence-corrected chi connectivity index (χ0v) is 22.5. The summed E-state index contributed by atoms with van der Waals surface area (Å²) >= 11 is 0. The van der Waals surface area contributed by atoms with E-state index >= 15 is 0 Å². The quantitative estimate of drug-likeness (QED) is 0.256. The minimum absolute atomic E-state index is 0.00516. The number of fused-ring (bicyclic) bond motifs is 1. The normalized spacial score (nSPS) is 16.4. The molecule has 0 spiro atoms. The van der Waals surface area contributed by atoms with Crippen LogP contribution in [0.1, 0.15) is 45.7 Å². The van der Waals surface area contributed by atoms with Crippen molar-refractivity contribution in [1.29, 1.82) is 0 Å². The Bertz CT molecular complexity index is 1560. The number of piperidine rings is 1. The molecule has 5 rings (SSSR count). The van der Waals surface area contributed by atoms with Crippen molar-refractivity contribution in [3.05, 3.63) is 48.5 Å². The number of carbonyl (C=O) groups is 1. The van der Waals surface area contributed by atoms with Crippen LogP contribution in [0.15, 0.2) is 43.0 Å². The first kappa shape index (κ1) is 28.3. The first-order valence-electron chi connectivity index (χ1n) is 12.9. The summed E-state index contributed by atoms with van der Waals surface area (Å²) in [6.07, 6.45) is 0.791. The van der Waals surface area contributed by atoms with E-state index in [0.717, 1.165) is 6.20 Å². The molecule has 218 valence electrons. The van der Waals surface area contributed by atoms with Crippen LogP contribution in [0.2, 0.25) is 0 Å². The highest BCUT2D eigenvalue weighted by Crippen LogP contribution is 2.39. The van der Waals surface area contributed by atoms with Crippen molar-refractivity contribution in [2.75, 3.05) is 18.4 Å². The maximum Gasteiger partial charge on any atom is 0.419 e. The van der Waals surface area contributed by atoms with Gasteiger partial charge >= 0.3 is 18.8 Å². The average Bonchev–Trinajstić information content (AvgIpc) is 3.55. The van der Waals surface area contributed by atoms with Crippen molar-refractivity contribution < 1.29 is 31.5 Å². The number of nitrogens with one attached hydrogen (secondary N) is 2. The number of alkyl halides is 5. The van der Waals surface area contributed by atoms with Crippen LogP contribution >= 0.6 is 0 Å². The standard InChI is InChI=1S/C27H28F5N7O2/c1-26(2,3)41-25(40)38-8-4-5-17(14-38)36-24-34-12-20(27(30,31)32)22(37-24)19-11-33-21-9-15(6-7-18(19)21)16-10-35-39(13-16)23(28)29/h6-7,9-13,17,23,33H,4-5,8,14H2,1-3H3,(H,34,36,37)/t17-/m0/s1. The molecule has 14 heteroatoms. The number of H-pyrrole nitrogens is 1. The minimum atomic E-state index is -4.72. The van der Waals surface area contributed by atoms with Crippen LogP contribution in [-0.2, 0) is 10.9 Å². The van der Waals surface area contributed by atoms with Gasteiger partial charge in [-0.1, -0.05) is 12.1 Å². The van der Waals surface area contributed by atoms with Gasteiger partial charge in [-0.15, -0.1) is 0 Å². The predicted octanol–water partition coefficient (Wildman–Crippen LogP) is 6.71. The predicted molar refractivity (Wildman–Crippen MR) is 141 cm³/mol. The molecule has 0 bridgehead atoms. The molecule has 1 fully saturated rings. The van der Waals surface area contributed by atoms with Crippen LogP contribution < -0.4 is 5.32 Å². The van der Waals surface area contributed by atoms with Crippen molar-refractivity contribution in [1.82, 2.24) is 29.6 Å². The number of aromatic amines is 1. The topological polar surface area (TPSA) is 101 Å². The molecule has 1 amide bonds. The first-order valence-corrected chi connectivity index (χ1v) is 12.9. The lowest BCUT2D eigenvalue weighted by atomic mass is 10.0. The third-order valence-corrected chi connectivity index (χ3v) is 6.57. The lowest BCUT2D eigenvalue weighted by Gasteiger charge is -2.34. The Labute approximate surface area is 231 Å². The number of aromatic nitrogens is 5. The highest BCUT2D eigenvalue weighted by atomic mass is 19.4. The van der Waals surface area contributed by atoms with Crippen LogP contribution in [0.4, 0.5) is 32.7 Å². The van der Waals surface area contributed by atoms with E-state index in [1.807, 2.05) is 0 Å². The molecule has 4 aromatic rings. The third kappa shape index (κ3) is 6.25. The molecule has 0 aliphatic carbocycles. The zero-order chi connectivity index (χ0) is 29.5. The summed E-state index contributed by atoms with van der Waals surface area (Å²) in [5.41, 5.74) is -0.303. The van der Waals surface area contributed by atoms with Crippen LogP contribution in [0.3, 0.4) is 0 Å². The fourth-order valence-electron chi connectivity index (χ4n) is 4.73. The minimum Gasteiger partial charge on any atom is -0.444 e. The number of nitrogens with zero attached hydrogens (tertiary/aromatic N) is 5. The van der Waals surface area contributed by atoms with Gasteiger partial charge in [0.25, 0.3) is 0 Å². The van der Waals surface area contributed by atoms with E-state index in [-0.39, 0.29) is 29.8 Å². The molecule has 2 N–H and O–H groups in total. The van der Waals surface area contributed by atoms with Crippen LogP contribution in [0, 0.1) is 0 Å². The van der Waals surface area contributed by atoms with Crippen molar-refractivity contribution in [2.24, 2.45) is 0 Å². The molecule has 3 aromatic heterocycles. The number of hydrogen-bond acceptors (Lipinski definition) is 6. The second kappa shape index (κ2) is 10.6. The molecule has 1 atom stereocenters. The maximum absolute atomic E-state index is 14.0. The lowest BCUT2D eigenvalue weighted by molar-refractivity contribution is -0.137. The highest BCUT2D eigenvalue weighted by molar-refractivity contribution is 5.97. The summed E-state index contributed by atoms with van der Waals surface area (Å²) in [4.78, 5) is 25.2. The molecule has 1 aliphatic heterocycles. The van der Waals surface area contributed by atoms with E-state index in [1.165, 1.54) is 18.6 Å². The van der Waals surface area contributed by atoms with Crippen molar-refractivity contribution >= 4 is 22.9 Å². The summed E-state index contributed by atoms with van der Waals surface area (Å²) in [5.74, 6) is -0.00516. The Morgan fingerprint density at radius 3 is 2.63 bits per heavy atom. The fraction of sp³-hybridized carbons (Fsp3) is 0.407. The monoisotopic (exact) mass is 577 g/mol. The Hall–Kier alpha value is -4.23. The number of anilines is 1. The zero-order valence-electron chi connectivity index (χ0n) is 22.5. The largest absolute Gasteiger partial charge is 0.444 e. The van der Waals surface area contributed by atoms with Gasteiger partial charge in [-0.05, 0) is 45.2 Å². The number of rotatable bonds is 5. The Balaban J connectivity index is 1.43. The number of hydrogen-bond donors (Lipinski definition) is 2. The van der Waals surface area contributed by atoms with E-state index < -0.39 is 30.0 Å². The maximum atomic E-state index is 14.0.